The Morgan fingerprint density at radius 2 is 1.85 bits per heavy atom. The number of benzene rings is 1. The lowest BCUT2D eigenvalue weighted by atomic mass is 10.2. The van der Waals surface area contributed by atoms with E-state index in [1.165, 1.54) is 6.92 Å². The largest absolute Gasteiger partial charge is 0.464 e. The van der Waals surface area contributed by atoms with E-state index in [9.17, 15) is 22.8 Å². The highest BCUT2D eigenvalue weighted by molar-refractivity contribution is 6.05. The Hall–Kier alpha value is -2.09. The maximum absolute atomic E-state index is 12.4. The van der Waals surface area contributed by atoms with Crippen molar-refractivity contribution < 1.29 is 27.5 Å². The van der Waals surface area contributed by atoms with Crippen molar-refractivity contribution in [1.82, 2.24) is 5.43 Å². The van der Waals surface area contributed by atoms with Gasteiger partial charge in [-0.05, 0) is 19.1 Å². The Bertz CT molecular complexity index is 463. The van der Waals surface area contributed by atoms with E-state index in [-0.39, 0.29) is 6.61 Å². The van der Waals surface area contributed by atoms with Crippen molar-refractivity contribution >= 4 is 17.4 Å². The van der Waals surface area contributed by atoms with Gasteiger partial charge in [0.25, 0.3) is 5.78 Å². The maximum Gasteiger partial charge on any atom is 0.452 e. The van der Waals surface area contributed by atoms with Crippen LogP contribution >= 0.6 is 0 Å². The highest BCUT2D eigenvalue weighted by atomic mass is 19.4. The number of hydrogen-bond donors (Lipinski definition) is 2. The quantitative estimate of drug-likeness (QED) is 0.474. The topological polar surface area (TPSA) is 67.4 Å². The molecule has 8 heteroatoms. The smallest absolute Gasteiger partial charge is 0.452 e. The fraction of sp³-hybridized carbons (Fsp3) is 0.333. The van der Waals surface area contributed by atoms with E-state index in [4.69, 9.17) is 0 Å². The van der Waals surface area contributed by atoms with Crippen molar-refractivity contribution in [1.29, 1.82) is 0 Å². The third kappa shape index (κ3) is 4.54. The summed E-state index contributed by atoms with van der Waals surface area (Å²) in [5.74, 6) is -3.52. The average Bonchev–Trinajstić information content (AvgIpc) is 2.39. The molecule has 1 rings (SSSR count). The molecule has 0 saturated heterocycles. The van der Waals surface area contributed by atoms with Crippen molar-refractivity contribution in [2.75, 3.05) is 12.0 Å². The molecule has 0 aliphatic carbocycles. The SMILES string of the molecule is CCOC(=O)[C@@H](NNc1ccccc1)C(=O)C(F)(F)F. The van der Waals surface area contributed by atoms with Gasteiger partial charge in [0.05, 0.1) is 6.61 Å². The average molecular weight is 290 g/mol. The first-order valence-corrected chi connectivity index (χ1v) is 5.70. The summed E-state index contributed by atoms with van der Waals surface area (Å²) in [6.07, 6.45) is -5.14. The third-order valence-corrected chi connectivity index (χ3v) is 2.20. The number of hydrogen-bond acceptors (Lipinski definition) is 5. The number of Topliss-reactive ketones (excluding diaryl/α,β-unsaturated/α-hetero) is 1. The zero-order valence-corrected chi connectivity index (χ0v) is 10.5. The molecule has 110 valence electrons. The molecule has 0 saturated carbocycles. The number of carbonyl (C=O) groups is 2. The lowest BCUT2D eigenvalue weighted by Crippen LogP contribution is -2.52. The van der Waals surface area contributed by atoms with E-state index in [1.54, 1.807) is 30.3 Å². The van der Waals surface area contributed by atoms with E-state index in [2.05, 4.69) is 10.2 Å². The van der Waals surface area contributed by atoms with Crippen molar-refractivity contribution in [3.63, 3.8) is 0 Å². The summed E-state index contributed by atoms with van der Waals surface area (Å²) in [4.78, 5) is 22.6. The Morgan fingerprint density at radius 3 is 2.35 bits per heavy atom. The number of nitrogens with one attached hydrogen (secondary N) is 2. The molecule has 0 spiro atoms. The Kier molecular flexibility index (Phi) is 5.51. The van der Waals surface area contributed by atoms with Crippen LogP contribution < -0.4 is 10.9 Å². The van der Waals surface area contributed by atoms with Gasteiger partial charge in [-0.25, -0.2) is 10.2 Å². The number of alkyl halides is 3. The molecule has 0 aliphatic rings. The molecule has 2 N–H and O–H groups in total. The Labute approximate surface area is 113 Å². The zero-order valence-electron chi connectivity index (χ0n) is 10.5. The maximum atomic E-state index is 12.4. The van der Waals surface area contributed by atoms with Crippen molar-refractivity contribution in [2.24, 2.45) is 0 Å². The third-order valence-electron chi connectivity index (χ3n) is 2.20. The van der Waals surface area contributed by atoms with Crippen LogP contribution in [0.5, 0.6) is 0 Å². The second kappa shape index (κ2) is 6.90. The molecule has 1 aromatic rings. The normalized spacial score (nSPS) is 12.6. The van der Waals surface area contributed by atoms with Gasteiger partial charge in [-0.1, -0.05) is 18.2 Å². The van der Waals surface area contributed by atoms with Gasteiger partial charge in [-0.2, -0.15) is 13.2 Å². The van der Waals surface area contributed by atoms with Gasteiger partial charge < -0.3 is 10.2 Å². The number of hydrazine groups is 1. The van der Waals surface area contributed by atoms with Crippen LogP contribution in [0, 0.1) is 0 Å². The van der Waals surface area contributed by atoms with E-state index < -0.39 is 24.0 Å². The second-order valence-corrected chi connectivity index (χ2v) is 3.68. The number of halogens is 3. The summed E-state index contributed by atoms with van der Waals surface area (Å²) in [5, 5.41) is 0. The van der Waals surface area contributed by atoms with Gasteiger partial charge in [0, 0.05) is 5.69 Å². The molecule has 20 heavy (non-hydrogen) atoms. The molecule has 0 unspecified atom stereocenters. The van der Waals surface area contributed by atoms with Crippen molar-refractivity contribution in [2.45, 2.75) is 19.1 Å². The minimum atomic E-state index is -5.14. The van der Waals surface area contributed by atoms with Crippen LogP contribution in [0.15, 0.2) is 30.3 Å². The van der Waals surface area contributed by atoms with Crippen LogP contribution in [0.1, 0.15) is 6.92 Å². The molecule has 0 fully saturated rings. The monoisotopic (exact) mass is 290 g/mol. The highest BCUT2D eigenvalue weighted by Crippen LogP contribution is 2.18. The van der Waals surface area contributed by atoms with Crippen molar-refractivity contribution in [3.8, 4) is 0 Å². The van der Waals surface area contributed by atoms with Crippen LogP contribution in [-0.4, -0.2) is 30.6 Å². The van der Waals surface area contributed by atoms with E-state index in [1.807, 2.05) is 5.43 Å². The number of ether oxygens (including phenoxy) is 1. The standard InChI is InChI=1S/C12H13F3N2O3/c1-2-20-11(19)9(10(18)12(13,14)15)17-16-8-6-4-3-5-7-8/h3-7,9,16-17H,2H2,1H3/t9-/m0/s1. The van der Waals surface area contributed by atoms with Gasteiger partial charge >= 0.3 is 12.1 Å². The lowest BCUT2D eigenvalue weighted by Gasteiger charge is -2.18. The Balaban J connectivity index is 2.78. The molecule has 0 heterocycles. The second-order valence-electron chi connectivity index (χ2n) is 3.68. The summed E-state index contributed by atoms with van der Waals surface area (Å²) in [5.41, 5.74) is 4.80. The minimum Gasteiger partial charge on any atom is -0.464 e. The number of esters is 1. The number of anilines is 1. The molecule has 0 amide bonds. The zero-order chi connectivity index (χ0) is 15.2. The van der Waals surface area contributed by atoms with Crippen LogP contribution in [-0.2, 0) is 14.3 Å². The van der Waals surface area contributed by atoms with Crippen LogP contribution in [0.3, 0.4) is 0 Å². The minimum absolute atomic E-state index is 0.131. The molecular formula is C12H13F3N2O3. The number of ketones is 1. The fourth-order valence-corrected chi connectivity index (χ4v) is 1.30. The van der Waals surface area contributed by atoms with E-state index >= 15 is 0 Å². The summed E-state index contributed by atoms with van der Waals surface area (Å²) in [6.45, 7) is 1.30. The van der Waals surface area contributed by atoms with E-state index in [0.717, 1.165) is 0 Å². The van der Waals surface area contributed by atoms with Gasteiger partial charge in [-0.3, -0.25) is 4.79 Å². The predicted molar refractivity (Wildman–Crippen MR) is 64.7 cm³/mol. The molecule has 0 aliphatic heterocycles. The molecule has 0 bridgehead atoms. The van der Waals surface area contributed by atoms with Crippen molar-refractivity contribution in [3.05, 3.63) is 30.3 Å². The summed E-state index contributed by atoms with van der Waals surface area (Å²) in [6, 6.07) is 5.91. The van der Waals surface area contributed by atoms with E-state index in [0.29, 0.717) is 5.69 Å². The van der Waals surface area contributed by atoms with Crippen LogP contribution in [0.2, 0.25) is 0 Å². The molecule has 5 nitrogen and oxygen atoms in total. The van der Waals surface area contributed by atoms with Gasteiger partial charge in [0.2, 0.25) is 0 Å². The molecular weight excluding hydrogens is 277 g/mol. The Morgan fingerprint density at radius 1 is 1.25 bits per heavy atom. The summed E-state index contributed by atoms with van der Waals surface area (Å²) < 4.78 is 41.6. The first-order valence-electron chi connectivity index (χ1n) is 5.70. The summed E-state index contributed by atoms with van der Waals surface area (Å²) in [7, 11) is 0. The molecule has 1 aromatic carbocycles. The molecule has 0 radical (unpaired) electrons. The van der Waals surface area contributed by atoms with Gasteiger partial charge in [0.15, 0.2) is 6.04 Å². The predicted octanol–water partition coefficient (Wildman–Crippen LogP) is 1.67. The van der Waals surface area contributed by atoms with Crippen LogP contribution in [0.25, 0.3) is 0 Å². The van der Waals surface area contributed by atoms with Gasteiger partial charge in [0.1, 0.15) is 0 Å². The first-order chi connectivity index (χ1) is 9.36. The van der Waals surface area contributed by atoms with Crippen LogP contribution in [0.4, 0.5) is 18.9 Å². The highest BCUT2D eigenvalue weighted by Gasteiger charge is 2.47. The summed E-state index contributed by atoms with van der Waals surface area (Å²) >= 11 is 0. The lowest BCUT2D eigenvalue weighted by molar-refractivity contribution is -0.177. The van der Waals surface area contributed by atoms with Gasteiger partial charge in [-0.15, -0.1) is 0 Å². The molecule has 1 atom stereocenters. The number of carbonyl (C=O) groups excluding carboxylic acids is 2. The number of para-hydroxylation sites is 1. The molecule has 0 aromatic heterocycles. The fourth-order valence-electron chi connectivity index (χ4n) is 1.30. The number of rotatable bonds is 6. The first kappa shape index (κ1) is 16.0.